The highest BCUT2D eigenvalue weighted by Gasteiger charge is 2.25. The van der Waals surface area contributed by atoms with E-state index in [1.54, 1.807) is 4.90 Å². The molecule has 1 N–H and O–H groups in total. The lowest BCUT2D eigenvalue weighted by molar-refractivity contribution is -0.120. The van der Waals surface area contributed by atoms with Crippen LogP contribution in [0.3, 0.4) is 0 Å². The number of fused-ring (bicyclic) bond motifs is 1. The van der Waals surface area contributed by atoms with Crippen molar-refractivity contribution in [2.45, 2.75) is 19.4 Å². The van der Waals surface area contributed by atoms with Gasteiger partial charge in [-0.3, -0.25) is 14.3 Å². The zero-order chi connectivity index (χ0) is 19.0. The summed E-state index contributed by atoms with van der Waals surface area (Å²) in [7, 11) is 1.93. The molecule has 1 fully saturated rings. The Morgan fingerprint density at radius 1 is 1.15 bits per heavy atom. The van der Waals surface area contributed by atoms with Crippen LogP contribution in [0.4, 0.5) is 0 Å². The number of benzene rings is 2. The van der Waals surface area contributed by atoms with Crippen LogP contribution in [0.1, 0.15) is 23.7 Å². The summed E-state index contributed by atoms with van der Waals surface area (Å²) in [6.07, 6.45) is 2.20. The third kappa shape index (κ3) is 3.30. The molecule has 1 aliphatic rings. The molecule has 3 aromatic rings. The van der Waals surface area contributed by atoms with Crippen molar-refractivity contribution in [2.24, 2.45) is 7.05 Å². The van der Waals surface area contributed by atoms with Crippen LogP contribution in [-0.2, 0) is 11.8 Å². The second-order valence-corrected chi connectivity index (χ2v) is 7.02. The smallest absolute Gasteiger partial charge is 0.254 e. The third-order valence-electron chi connectivity index (χ3n) is 5.18. The fourth-order valence-corrected chi connectivity index (χ4v) is 3.52. The molecule has 2 amide bonds. The molecule has 2 heterocycles. The predicted molar refractivity (Wildman–Crippen MR) is 104 cm³/mol. The Bertz CT molecular complexity index is 1010. The minimum atomic E-state index is -0.0340. The molecule has 1 atom stereocenters. The molecule has 6 nitrogen and oxygen atoms in total. The van der Waals surface area contributed by atoms with Crippen LogP contribution in [0, 0.1) is 0 Å². The predicted octanol–water partition coefficient (Wildman–Crippen LogP) is 2.59. The first-order chi connectivity index (χ1) is 13.0. The van der Waals surface area contributed by atoms with Gasteiger partial charge in [-0.25, -0.2) is 0 Å². The third-order valence-corrected chi connectivity index (χ3v) is 5.18. The molecule has 0 spiro atoms. The van der Waals surface area contributed by atoms with Gasteiger partial charge in [0.05, 0.1) is 11.7 Å². The number of carbonyl (C=O) groups is 2. The second kappa shape index (κ2) is 6.87. The van der Waals surface area contributed by atoms with E-state index in [2.05, 4.69) is 28.6 Å². The molecule has 0 aliphatic carbocycles. The number of rotatable bonds is 2. The van der Waals surface area contributed by atoms with E-state index in [4.69, 9.17) is 0 Å². The molecule has 138 valence electrons. The Morgan fingerprint density at radius 3 is 2.67 bits per heavy atom. The Kier molecular flexibility index (Phi) is 4.39. The summed E-state index contributed by atoms with van der Waals surface area (Å²) in [6, 6.07) is 13.9. The number of aromatic nitrogens is 2. The first-order valence-corrected chi connectivity index (χ1v) is 9.13. The van der Waals surface area contributed by atoms with Gasteiger partial charge in [0, 0.05) is 43.5 Å². The van der Waals surface area contributed by atoms with Crippen molar-refractivity contribution in [1.82, 2.24) is 20.0 Å². The van der Waals surface area contributed by atoms with Crippen LogP contribution in [-0.4, -0.2) is 45.6 Å². The minimum Gasteiger partial charge on any atom is -0.354 e. The molecule has 1 saturated heterocycles. The average molecular weight is 362 g/mol. The van der Waals surface area contributed by atoms with Gasteiger partial charge >= 0.3 is 0 Å². The normalized spacial score (nSPS) is 17.6. The van der Waals surface area contributed by atoms with Gasteiger partial charge in [-0.1, -0.05) is 18.2 Å². The highest BCUT2D eigenvalue weighted by atomic mass is 16.2. The number of aryl methyl sites for hydroxylation is 1. The van der Waals surface area contributed by atoms with Crippen LogP contribution >= 0.6 is 0 Å². The molecule has 0 radical (unpaired) electrons. The maximum atomic E-state index is 12.9. The molecule has 27 heavy (non-hydrogen) atoms. The zero-order valence-corrected chi connectivity index (χ0v) is 15.5. The Hall–Kier alpha value is -3.15. The fraction of sp³-hybridized carbons (Fsp3) is 0.286. The summed E-state index contributed by atoms with van der Waals surface area (Å²) in [6.45, 7) is 2.90. The van der Waals surface area contributed by atoms with Crippen molar-refractivity contribution < 1.29 is 9.59 Å². The summed E-state index contributed by atoms with van der Waals surface area (Å²) >= 11 is 0. The maximum absolute atomic E-state index is 12.9. The lowest BCUT2D eigenvalue weighted by Crippen LogP contribution is -2.41. The highest BCUT2D eigenvalue weighted by Crippen LogP contribution is 2.25. The van der Waals surface area contributed by atoms with E-state index in [0.29, 0.717) is 25.1 Å². The fourth-order valence-electron chi connectivity index (χ4n) is 3.52. The number of carbonyl (C=O) groups excluding carboxylic acids is 2. The number of amides is 2. The lowest BCUT2D eigenvalue weighted by atomic mass is 10.0. The SMILES string of the molecule is CC1CNC(=O)CCN1C(=O)c1ccc(-c2ccc3c(cnn3C)c2)cc1. The van der Waals surface area contributed by atoms with Crippen molar-refractivity contribution in [3.8, 4) is 11.1 Å². The van der Waals surface area contributed by atoms with Crippen molar-refractivity contribution >= 4 is 22.7 Å². The van der Waals surface area contributed by atoms with Crippen molar-refractivity contribution in [2.75, 3.05) is 13.1 Å². The quantitative estimate of drug-likeness (QED) is 0.762. The molecule has 0 bridgehead atoms. The average Bonchev–Trinajstić information content (AvgIpc) is 2.97. The summed E-state index contributed by atoms with van der Waals surface area (Å²) in [5.41, 5.74) is 3.87. The molecule has 4 rings (SSSR count). The summed E-state index contributed by atoms with van der Waals surface area (Å²) in [5.74, 6) is -0.0356. The summed E-state index contributed by atoms with van der Waals surface area (Å²) in [5, 5.41) is 8.20. The molecule has 1 unspecified atom stereocenters. The second-order valence-electron chi connectivity index (χ2n) is 7.02. The van der Waals surface area contributed by atoms with E-state index in [-0.39, 0.29) is 17.9 Å². The maximum Gasteiger partial charge on any atom is 0.254 e. The highest BCUT2D eigenvalue weighted by molar-refractivity contribution is 5.95. The van der Waals surface area contributed by atoms with Crippen LogP contribution in [0.15, 0.2) is 48.7 Å². The lowest BCUT2D eigenvalue weighted by Gasteiger charge is -2.26. The first-order valence-electron chi connectivity index (χ1n) is 9.13. The van der Waals surface area contributed by atoms with E-state index in [1.165, 1.54) is 0 Å². The van der Waals surface area contributed by atoms with Crippen molar-refractivity contribution in [3.05, 3.63) is 54.2 Å². The van der Waals surface area contributed by atoms with Crippen molar-refractivity contribution in [3.63, 3.8) is 0 Å². The summed E-state index contributed by atoms with van der Waals surface area (Å²) in [4.78, 5) is 26.2. The Labute approximate surface area is 157 Å². The first kappa shape index (κ1) is 17.3. The molecular formula is C21H22N4O2. The van der Waals surface area contributed by atoms with Gasteiger partial charge in [-0.15, -0.1) is 0 Å². The molecule has 6 heteroatoms. The van der Waals surface area contributed by atoms with Crippen LogP contribution in [0.2, 0.25) is 0 Å². The molecule has 1 aliphatic heterocycles. The molecule has 1 aromatic heterocycles. The summed E-state index contributed by atoms with van der Waals surface area (Å²) < 4.78 is 1.85. The number of nitrogens with zero attached hydrogens (tertiary/aromatic N) is 3. The standard InChI is InChI=1S/C21H22N4O2/c1-14-12-22-20(26)9-10-25(14)21(27)16-5-3-15(4-6-16)17-7-8-19-18(11-17)13-23-24(19)2/h3-8,11,13-14H,9-10,12H2,1-2H3,(H,22,26). The number of nitrogens with one attached hydrogen (secondary N) is 1. The van der Waals surface area contributed by atoms with Crippen molar-refractivity contribution in [1.29, 1.82) is 0 Å². The van der Waals surface area contributed by atoms with E-state index in [1.807, 2.05) is 49.1 Å². The van der Waals surface area contributed by atoms with Gasteiger partial charge < -0.3 is 10.2 Å². The zero-order valence-electron chi connectivity index (χ0n) is 15.5. The topological polar surface area (TPSA) is 67.2 Å². The van der Waals surface area contributed by atoms with Gasteiger partial charge in [-0.2, -0.15) is 5.10 Å². The van der Waals surface area contributed by atoms with E-state index >= 15 is 0 Å². The van der Waals surface area contributed by atoms with E-state index in [0.717, 1.165) is 22.0 Å². The largest absolute Gasteiger partial charge is 0.354 e. The Morgan fingerprint density at radius 2 is 1.89 bits per heavy atom. The van der Waals surface area contributed by atoms with Crippen LogP contribution < -0.4 is 5.32 Å². The monoisotopic (exact) mass is 362 g/mol. The van der Waals surface area contributed by atoms with E-state index in [9.17, 15) is 9.59 Å². The van der Waals surface area contributed by atoms with E-state index < -0.39 is 0 Å². The minimum absolute atomic E-state index is 0.00158. The molecule has 2 aromatic carbocycles. The van der Waals surface area contributed by atoms with Gasteiger partial charge in [-0.05, 0) is 42.3 Å². The number of hydrogen-bond donors (Lipinski definition) is 1. The van der Waals surface area contributed by atoms with Crippen LogP contribution in [0.5, 0.6) is 0 Å². The van der Waals surface area contributed by atoms with Crippen LogP contribution in [0.25, 0.3) is 22.0 Å². The number of hydrogen-bond acceptors (Lipinski definition) is 3. The molecule has 0 saturated carbocycles. The molecular weight excluding hydrogens is 340 g/mol. The Balaban J connectivity index is 1.57. The van der Waals surface area contributed by atoms with Gasteiger partial charge in [0.2, 0.25) is 5.91 Å². The van der Waals surface area contributed by atoms with Gasteiger partial charge in [0.1, 0.15) is 0 Å². The van der Waals surface area contributed by atoms with Gasteiger partial charge in [0.15, 0.2) is 0 Å². The van der Waals surface area contributed by atoms with Gasteiger partial charge in [0.25, 0.3) is 5.91 Å².